The van der Waals surface area contributed by atoms with Gasteiger partial charge in [-0.05, 0) is 49.3 Å². The van der Waals surface area contributed by atoms with Crippen molar-refractivity contribution in [2.24, 2.45) is 0 Å². The standard InChI is InChI=1S/C23H31N3O/c1-4-5-18-6-8-19(9-7-18)20-10-12-21(13-11-20)23(27)24-16-22-17-25(2)14-15-26(22)3/h6-13,22H,4-5,14-17H2,1-3H3,(H,24,27)/t22-/m1/s1. The predicted octanol–water partition coefficient (Wildman–Crippen LogP) is 3.28. The van der Waals surface area contributed by atoms with Gasteiger partial charge in [0, 0.05) is 37.8 Å². The fraction of sp³-hybridized carbons (Fsp3) is 0.435. The first kappa shape index (κ1) is 19.6. The molecule has 0 aromatic heterocycles. The molecule has 0 unspecified atom stereocenters. The Bertz CT molecular complexity index is 739. The van der Waals surface area contributed by atoms with E-state index in [-0.39, 0.29) is 5.91 Å². The number of hydrogen-bond donors (Lipinski definition) is 1. The van der Waals surface area contributed by atoms with Crippen LogP contribution in [-0.4, -0.2) is 62.0 Å². The number of amides is 1. The number of nitrogens with zero attached hydrogens (tertiary/aromatic N) is 2. The summed E-state index contributed by atoms with van der Waals surface area (Å²) in [5.41, 5.74) is 4.42. The van der Waals surface area contributed by atoms with Gasteiger partial charge in [0.15, 0.2) is 0 Å². The van der Waals surface area contributed by atoms with Crippen molar-refractivity contribution in [3.63, 3.8) is 0 Å². The zero-order valence-electron chi connectivity index (χ0n) is 16.7. The molecule has 1 amide bonds. The van der Waals surface area contributed by atoms with Crippen LogP contribution in [0.4, 0.5) is 0 Å². The van der Waals surface area contributed by atoms with E-state index < -0.39 is 0 Å². The number of hydrogen-bond acceptors (Lipinski definition) is 3. The molecule has 3 rings (SSSR count). The van der Waals surface area contributed by atoms with Crippen molar-refractivity contribution in [3.8, 4) is 11.1 Å². The second-order valence-corrected chi connectivity index (χ2v) is 7.63. The summed E-state index contributed by atoms with van der Waals surface area (Å²) >= 11 is 0. The summed E-state index contributed by atoms with van der Waals surface area (Å²) in [4.78, 5) is 17.1. The highest BCUT2D eigenvalue weighted by molar-refractivity contribution is 5.94. The van der Waals surface area contributed by atoms with Gasteiger partial charge in [-0.2, -0.15) is 0 Å². The van der Waals surface area contributed by atoms with Gasteiger partial charge in [0.2, 0.25) is 0 Å². The van der Waals surface area contributed by atoms with Gasteiger partial charge in [0.05, 0.1) is 0 Å². The maximum Gasteiger partial charge on any atom is 0.251 e. The van der Waals surface area contributed by atoms with Crippen molar-refractivity contribution < 1.29 is 4.79 Å². The number of benzene rings is 2. The minimum absolute atomic E-state index is 0.00136. The van der Waals surface area contributed by atoms with E-state index in [0.717, 1.165) is 38.0 Å². The Morgan fingerprint density at radius 3 is 2.26 bits per heavy atom. The molecule has 0 spiro atoms. The summed E-state index contributed by atoms with van der Waals surface area (Å²) < 4.78 is 0. The van der Waals surface area contributed by atoms with Crippen LogP contribution in [0.5, 0.6) is 0 Å². The molecular formula is C23H31N3O. The van der Waals surface area contributed by atoms with E-state index in [2.05, 4.69) is 60.4 Å². The highest BCUT2D eigenvalue weighted by atomic mass is 16.1. The van der Waals surface area contributed by atoms with Gasteiger partial charge in [-0.3, -0.25) is 9.69 Å². The second kappa shape index (κ2) is 9.16. The van der Waals surface area contributed by atoms with Gasteiger partial charge >= 0.3 is 0 Å². The highest BCUT2D eigenvalue weighted by Crippen LogP contribution is 2.21. The molecule has 27 heavy (non-hydrogen) atoms. The average molecular weight is 366 g/mol. The average Bonchev–Trinajstić information content (AvgIpc) is 2.69. The molecule has 0 bridgehead atoms. The molecule has 0 radical (unpaired) electrons. The van der Waals surface area contributed by atoms with Gasteiger partial charge in [-0.1, -0.05) is 49.7 Å². The second-order valence-electron chi connectivity index (χ2n) is 7.63. The van der Waals surface area contributed by atoms with Gasteiger partial charge in [-0.25, -0.2) is 0 Å². The number of aryl methyl sites for hydroxylation is 1. The first-order valence-corrected chi connectivity index (χ1v) is 9.93. The summed E-state index contributed by atoms with van der Waals surface area (Å²) in [6.45, 7) is 6.00. The fourth-order valence-corrected chi connectivity index (χ4v) is 3.60. The summed E-state index contributed by atoms with van der Waals surface area (Å²) in [5, 5.41) is 3.09. The molecule has 1 heterocycles. The quantitative estimate of drug-likeness (QED) is 0.853. The Hall–Kier alpha value is -2.17. The third-order valence-corrected chi connectivity index (χ3v) is 5.45. The van der Waals surface area contributed by atoms with Crippen molar-refractivity contribution >= 4 is 5.91 Å². The van der Waals surface area contributed by atoms with E-state index in [4.69, 9.17) is 0 Å². The largest absolute Gasteiger partial charge is 0.350 e. The van der Waals surface area contributed by atoms with Crippen LogP contribution in [0.2, 0.25) is 0 Å². The van der Waals surface area contributed by atoms with Crippen LogP contribution in [0, 0.1) is 0 Å². The smallest absolute Gasteiger partial charge is 0.251 e. The number of nitrogens with one attached hydrogen (secondary N) is 1. The predicted molar refractivity (Wildman–Crippen MR) is 112 cm³/mol. The minimum atomic E-state index is 0.00136. The van der Waals surface area contributed by atoms with E-state index in [1.54, 1.807) is 0 Å². The van der Waals surface area contributed by atoms with Gasteiger partial charge in [-0.15, -0.1) is 0 Å². The molecule has 4 nitrogen and oxygen atoms in total. The first-order chi connectivity index (χ1) is 13.1. The number of rotatable bonds is 6. The van der Waals surface area contributed by atoms with E-state index >= 15 is 0 Å². The Balaban J connectivity index is 1.58. The molecule has 2 aromatic rings. The van der Waals surface area contributed by atoms with E-state index in [9.17, 15) is 4.79 Å². The van der Waals surface area contributed by atoms with Crippen LogP contribution in [0.15, 0.2) is 48.5 Å². The third kappa shape index (κ3) is 5.18. The topological polar surface area (TPSA) is 35.6 Å². The molecule has 1 N–H and O–H groups in total. The molecule has 1 atom stereocenters. The lowest BCUT2D eigenvalue weighted by atomic mass is 10.0. The summed E-state index contributed by atoms with van der Waals surface area (Å²) in [6, 6.07) is 17.0. The Morgan fingerprint density at radius 1 is 1.00 bits per heavy atom. The molecule has 2 aromatic carbocycles. The lowest BCUT2D eigenvalue weighted by Gasteiger charge is -2.37. The van der Waals surface area contributed by atoms with E-state index in [1.807, 2.05) is 24.3 Å². The lowest BCUT2D eigenvalue weighted by molar-refractivity contribution is 0.0881. The van der Waals surface area contributed by atoms with Crippen molar-refractivity contribution in [2.75, 3.05) is 40.3 Å². The highest BCUT2D eigenvalue weighted by Gasteiger charge is 2.22. The number of likely N-dealkylation sites (N-methyl/N-ethyl adjacent to an activating group) is 2. The monoisotopic (exact) mass is 365 g/mol. The van der Waals surface area contributed by atoms with Crippen molar-refractivity contribution in [1.29, 1.82) is 0 Å². The maximum atomic E-state index is 12.5. The molecule has 1 aliphatic heterocycles. The van der Waals surface area contributed by atoms with Crippen LogP contribution in [0.25, 0.3) is 11.1 Å². The van der Waals surface area contributed by atoms with Gasteiger partial charge in [0.1, 0.15) is 0 Å². The van der Waals surface area contributed by atoms with E-state index in [0.29, 0.717) is 18.2 Å². The normalized spacial score (nSPS) is 18.4. The fourth-order valence-electron chi connectivity index (χ4n) is 3.60. The molecule has 1 saturated heterocycles. The molecular weight excluding hydrogens is 334 g/mol. The molecule has 1 aliphatic rings. The van der Waals surface area contributed by atoms with Gasteiger partial charge in [0.25, 0.3) is 5.91 Å². The van der Waals surface area contributed by atoms with Crippen molar-refractivity contribution in [3.05, 3.63) is 59.7 Å². The van der Waals surface area contributed by atoms with Gasteiger partial charge < -0.3 is 10.2 Å². The van der Waals surface area contributed by atoms with Crippen LogP contribution < -0.4 is 5.32 Å². The molecule has 1 fully saturated rings. The SMILES string of the molecule is CCCc1ccc(-c2ccc(C(=O)NC[C@@H]3CN(C)CCN3C)cc2)cc1. The number of piperazine rings is 1. The zero-order chi connectivity index (χ0) is 19.2. The summed E-state index contributed by atoms with van der Waals surface area (Å²) in [7, 11) is 4.26. The van der Waals surface area contributed by atoms with Crippen LogP contribution in [-0.2, 0) is 6.42 Å². The summed E-state index contributed by atoms with van der Waals surface area (Å²) in [6.07, 6.45) is 2.28. The Labute approximate surface area is 163 Å². The Kier molecular flexibility index (Phi) is 6.64. The third-order valence-electron chi connectivity index (χ3n) is 5.45. The molecule has 0 aliphatic carbocycles. The minimum Gasteiger partial charge on any atom is -0.350 e. The number of carbonyl (C=O) groups is 1. The molecule has 144 valence electrons. The zero-order valence-corrected chi connectivity index (χ0v) is 16.7. The van der Waals surface area contributed by atoms with Crippen LogP contribution in [0.3, 0.4) is 0 Å². The first-order valence-electron chi connectivity index (χ1n) is 9.93. The van der Waals surface area contributed by atoms with Crippen LogP contribution >= 0.6 is 0 Å². The van der Waals surface area contributed by atoms with Crippen molar-refractivity contribution in [1.82, 2.24) is 15.1 Å². The maximum absolute atomic E-state index is 12.5. The molecule has 4 heteroatoms. The van der Waals surface area contributed by atoms with Crippen molar-refractivity contribution in [2.45, 2.75) is 25.8 Å². The Morgan fingerprint density at radius 2 is 1.63 bits per heavy atom. The summed E-state index contributed by atoms with van der Waals surface area (Å²) in [5.74, 6) is 0.00136. The van der Waals surface area contributed by atoms with Crippen LogP contribution in [0.1, 0.15) is 29.3 Å². The lowest BCUT2D eigenvalue weighted by Crippen LogP contribution is -2.54. The number of carbonyl (C=O) groups excluding carboxylic acids is 1. The molecule has 0 saturated carbocycles. The van der Waals surface area contributed by atoms with E-state index in [1.165, 1.54) is 11.1 Å².